The van der Waals surface area contributed by atoms with Crippen LogP contribution in [0.2, 0.25) is 5.02 Å². The summed E-state index contributed by atoms with van der Waals surface area (Å²) in [6.07, 6.45) is 0. The van der Waals surface area contributed by atoms with Gasteiger partial charge in [-0.25, -0.2) is 5.43 Å². The van der Waals surface area contributed by atoms with E-state index in [1.165, 1.54) is 0 Å². The predicted octanol–water partition coefficient (Wildman–Crippen LogP) is 3.24. The quantitative estimate of drug-likeness (QED) is 0.635. The number of benzene rings is 2. The highest BCUT2D eigenvalue weighted by Crippen LogP contribution is 2.24. The van der Waals surface area contributed by atoms with E-state index in [9.17, 15) is 0 Å². The van der Waals surface area contributed by atoms with Crippen molar-refractivity contribution in [3.63, 3.8) is 0 Å². The van der Waals surface area contributed by atoms with E-state index in [4.69, 9.17) is 26.9 Å². The minimum atomic E-state index is -0.116. The molecule has 3 N–H and O–H groups in total. The number of halogens is 1. The van der Waals surface area contributed by atoms with Gasteiger partial charge >= 0.3 is 0 Å². The maximum Gasteiger partial charge on any atom is 0.120 e. The van der Waals surface area contributed by atoms with Crippen LogP contribution >= 0.6 is 11.6 Å². The molecule has 0 aliphatic heterocycles. The highest BCUT2D eigenvalue weighted by molar-refractivity contribution is 6.30. The first-order chi connectivity index (χ1) is 10.1. The van der Waals surface area contributed by atoms with Gasteiger partial charge in [0.2, 0.25) is 0 Å². The number of nitrogens with two attached hydrogens (primary N) is 1. The zero-order chi connectivity index (χ0) is 15.2. The van der Waals surface area contributed by atoms with Crippen LogP contribution in [0.1, 0.15) is 17.2 Å². The lowest BCUT2D eigenvalue weighted by Gasteiger charge is -2.19. The monoisotopic (exact) mass is 306 g/mol. The third-order valence-electron chi connectivity index (χ3n) is 3.27. The van der Waals surface area contributed by atoms with E-state index in [1.807, 2.05) is 37.3 Å². The van der Waals surface area contributed by atoms with Crippen molar-refractivity contribution in [2.45, 2.75) is 13.0 Å². The lowest BCUT2D eigenvalue weighted by Crippen LogP contribution is -2.32. The van der Waals surface area contributed by atoms with E-state index in [1.54, 1.807) is 19.2 Å². The molecule has 1 unspecified atom stereocenters. The second-order valence-corrected chi connectivity index (χ2v) is 5.15. The molecule has 0 fully saturated rings. The molecule has 5 heteroatoms. The van der Waals surface area contributed by atoms with Crippen LogP contribution in [0.5, 0.6) is 11.5 Å². The van der Waals surface area contributed by atoms with Crippen molar-refractivity contribution in [2.75, 3.05) is 13.7 Å². The van der Waals surface area contributed by atoms with Gasteiger partial charge in [0, 0.05) is 5.02 Å². The number of ether oxygens (including phenoxy) is 2. The van der Waals surface area contributed by atoms with Gasteiger partial charge in [-0.05, 0) is 48.4 Å². The van der Waals surface area contributed by atoms with E-state index in [0.717, 1.165) is 16.9 Å². The smallest absolute Gasteiger partial charge is 0.120 e. The standard InChI is InChI=1S/C16H19ClN2O2/c1-11-8-13(20-2)6-7-15(11)16(19-18)10-21-14-5-3-4-12(17)9-14/h3-9,16,19H,10,18H2,1-2H3. The van der Waals surface area contributed by atoms with E-state index >= 15 is 0 Å². The molecule has 0 saturated heterocycles. The Morgan fingerprint density at radius 2 is 2.00 bits per heavy atom. The summed E-state index contributed by atoms with van der Waals surface area (Å²) >= 11 is 5.94. The molecular weight excluding hydrogens is 288 g/mol. The van der Waals surface area contributed by atoms with E-state index < -0.39 is 0 Å². The maximum atomic E-state index is 5.94. The molecule has 0 radical (unpaired) electrons. The number of hydrazine groups is 1. The molecule has 0 aliphatic carbocycles. The van der Waals surface area contributed by atoms with Crippen molar-refractivity contribution < 1.29 is 9.47 Å². The van der Waals surface area contributed by atoms with Gasteiger partial charge in [0.25, 0.3) is 0 Å². The average molecular weight is 307 g/mol. The summed E-state index contributed by atoms with van der Waals surface area (Å²) < 4.78 is 11.0. The molecule has 0 aromatic heterocycles. The van der Waals surface area contributed by atoms with Gasteiger partial charge in [0.05, 0.1) is 13.2 Å². The summed E-state index contributed by atoms with van der Waals surface area (Å²) in [5.74, 6) is 7.19. The number of aryl methyl sites for hydroxylation is 1. The van der Waals surface area contributed by atoms with Crippen molar-refractivity contribution in [1.29, 1.82) is 0 Å². The Hall–Kier alpha value is -1.75. The molecule has 1 atom stereocenters. The Kier molecular flexibility index (Phi) is 5.44. The third-order valence-corrected chi connectivity index (χ3v) is 3.50. The molecule has 0 aliphatic rings. The van der Waals surface area contributed by atoms with Crippen molar-refractivity contribution in [1.82, 2.24) is 5.43 Å². The van der Waals surface area contributed by atoms with Gasteiger partial charge in [-0.3, -0.25) is 5.84 Å². The fourth-order valence-electron chi connectivity index (χ4n) is 2.13. The Labute approximate surface area is 129 Å². The predicted molar refractivity (Wildman–Crippen MR) is 84.7 cm³/mol. The lowest BCUT2D eigenvalue weighted by atomic mass is 10.0. The fraction of sp³-hybridized carbons (Fsp3) is 0.250. The maximum absolute atomic E-state index is 5.94. The number of rotatable bonds is 6. The summed E-state index contributed by atoms with van der Waals surface area (Å²) in [7, 11) is 1.65. The van der Waals surface area contributed by atoms with Crippen molar-refractivity contribution in [2.24, 2.45) is 5.84 Å². The van der Waals surface area contributed by atoms with Crippen LogP contribution in [0.3, 0.4) is 0 Å². The second-order valence-electron chi connectivity index (χ2n) is 4.71. The zero-order valence-electron chi connectivity index (χ0n) is 12.1. The van der Waals surface area contributed by atoms with Crippen LogP contribution in [0, 0.1) is 6.92 Å². The Morgan fingerprint density at radius 1 is 1.19 bits per heavy atom. The highest BCUT2D eigenvalue weighted by Gasteiger charge is 2.14. The van der Waals surface area contributed by atoms with Crippen molar-refractivity contribution in [3.05, 3.63) is 58.6 Å². The summed E-state index contributed by atoms with van der Waals surface area (Å²) in [5.41, 5.74) is 4.94. The molecule has 2 rings (SSSR count). The molecule has 2 aromatic rings. The number of nitrogens with one attached hydrogen (secondary N) is 1. The largest absolute Gasteiger partial charge is 0.497 e. The van der Waals surface area contributed by atoms with Crippen LogP contribution < -0.4 is 20.7 Å². The van der Waals surface area contributed by atoms with E-state index in [0.29, 0.717) is 17.4 Å². The molecule has 112 valence electrons. The third kappa shape index (κ3) is 4.11. The fourth-order valence-corrected chi connectivity index (χ4v) is 2.31. The SMILES string of the molecule is COc1ccc(C(COc2cccc(Cl)c2)NN)c(C)c1. The van der Waals surface area contributed by atoms with Gasteiger partial charge in [-0.1, -0.05) is 23.7 Å². The van der Waals surface area contributed by atoms with Gasteiger partial charge in [-0.15, -0.1) is 0 Å². The Balaban J connectivity index is 2.09. The molecule has 4 nitrogen and oxygen atoms in total. The Bertz CT molecular complexity index is 605. The van der Waals surface area contributed by atoms with E-state index in [-0.39, 0.29) is 6.04 Å². The van der Waals surface area contributed by atoms with Crippen LogP contribution in [0.25, 0.3) is 0 Å². The summed E-state index contributed by atoms with van der Waals surface area (Å²) in [6.45, 7) is 2.42. The molecule has 0 heterocycles. The Morgan fingerprint density at radius 3 is 2.62 bits per heavy atom. The molecule has 0 amide bonds. The number of methoxy groups -OCH3 is 1. The van der Waals surface area contributed by atoms with Crippen LogP contribution in [0.4, 0.5) is 0 Å². The molecule has 0 bridgehead atoms. The number of hydrogen-bond acceptors (Lipinski definition) is 4. The average Bonchev–Trinajstić information content (AvgIpc) is 2.49. The van der Waals surface area contributed by atoms with Gasteiger partial charge in [0.1, 0.15) is 18.1 Å². The van der Waals surface area contributed by atoms with E-state index in [2.05, 4.69) is 5.43 Å². The summed E-state index contributed by atoms with van der Waals surface area (Å²) in [5, 5.41) is 0.644. The number of hydrogen-bond donors (Lipinski definition) is 2. The molecule has 0 spiro atoms. The molecular formula is C16H19ClN2O2. The molecule has 2 aromatic carbocycles. The van der Waals surface area contributed by atoms with Gasteiger partial charge in [-0.2, -0.15) is 0 Å². The minimum Gasteiger partial charge on any atom is -0.497 e. The molecule has 21 heavy (non-hydrogen) atoms. The van der Waals surface area contributed by atoms with Crippen molar-refractivity contribution in [3.8, 4) is 11.5 Å². The normalized spacial score (nSPS) is 12.0. The minimum absolute atomic E-state index is 0.116. The topological polar surface area (TPSA) is 56.5 Å². The first kappa shape index (κ1) is 15.6. The lowest BCUT2D eigenvalue weighted by molar-refractivity contribution is 0.267. The highest BCUT2D eigenvalue weighted by atomic mass is 35.5. The summed E-state index contributed by atoms with van der Waals surface area (Å²) in [6, 6.07) is 13.0. The van der Waals surface area contributed by atoms with Crippen LogP contribution in [0.15, 0.2) is 42.5 Å². The van der Waals surface area contributed by atoms with Crippen molar-refractivity contribution >= 4 is 11.6 Å². The second kappa shape index (κ2) is 7.31. The van der Waals surface area contributed by atoms with Crippen LogP contribution in [-0.4, -0.2) is 13.7 Å². The summed E-state index contributed by atoms with van der Waals surface area (Å²) in [4.78, 5) is 0. The van der Waals surface area contributed by atoms with Crippen LogP contribution in [-0.2, 0) is 0 Å². The van der Waals surface area contributed by atoms with Gasteiger partial charge in [0.15, 0.2) is 0 Å². The molecule has 0 saturated carbocycles. The van der Waals surface area contributed by atoms with Gasteiger partial charge < -0.3 is 9.47 Å². The first-order valence-corrected chi connectivity index (χ1v) is 7.01. The zero-order valence-corrected chi connectivity index (χ0v) is 12.9. The first-order valence-electron chi connectivity index (χ1n) is 6.63.